The van der Waals surface area contributed by atoms with Gasteiger partial charge in [0.1, 0.15) is 11.6 Å². The lowest BCUT2D eigenvalue weighted by Gasteiger charge is -2.15. The molecule has 3 rings (SSSR count). The molecule has 0 saturated heterocycles. The van der Waals surface area contributed by atoms with E-state index < -0.39 is 27.5 Å². The highest BCUT2D eigenvalue weighted by molar-refractivity contribution is 7.90. The van der Waals surface area contributed by atoms with E-state index in [0.29, 0.717) is 0 Å². The Morgan fingerprint density at radius 3 is 2.39 bits per heavy atom. The summed E-state index contributed by atoms with van der Waals surface area (Å²) in [5.74, 6) is -0.948. The van der Waals surface area contributed by atoms with Gasteiger partial charge in [-0.1, -0.05) is 24.3 Å². The van der Waals surface area contributed by atoms with E-state index in [2.05, 4.69) is 5.32 Å². The summed E-state index contributed by atoms with van der Waals surface area (Å²) in [5, 5.41) is 4.41. The van der Waals surface area contributed by atoms with E-state index in [1.165, 1.54) is 6.07 Å². The van der Waals surface area contributed by atoms with Crippen molar-refractivity contribution in [3.05, 3.63) is 66.0 Å². The first kappa shape index (κ1) is 19.8. The first-order chi connectivity index (χ1) is 13.2. The third-order valence-corrected chi connectivity index (χ3v) is 5.70. The second-order valence-electron chi connectivity index (χ2n) is 6.60. The lowest BCUT2D eigenvalue weighted by molar-refractivity contribution is -0.117. The van der Waals surface area contributed by atoms with E-state index in [4.69, 9.17) is 4.74 Å². The standard InChI is InChI=1S/C21H20FNO4S/c1-13(14-4-5-16-11-17(27-2)7-6-15(16)10-14)21(24)23-20-12-18(28(3,25)26)8-9-19(20)22/h4-13H,1-3H3,(H,23,24)/t13-/m0/s1. The fourth-order valence-corrected chi connectivity index (χ4v) is 3.51. The summed E-state index contributed by atoms with van der Waals surface area (Å²) in [5.41, 5.74) is 0.597. The summed E-state index contributed by atoms with van der Waals surface area (Å²) in [7, 11) is -1.91. The minimum atomic E-state index is -3.51. The zero-order valence-corrected chi connectivity index (χ0v) is 16.5. The van der Waals surface area contributed by atoms with Crippen LogP contribution in [0.15, 0.2) is 59.5 Å². The van der Waals surface area contributed by atoms with Crippen LogP contribution in [0.2, 0.25) is 0 Å². The van der Waals surface area contributed by atoms with Gasteiger partial charge in [-0.05, 0) is 53.6 Å². The number of rotatable bonds is 5. The third-order valence-electron chi connectivity index (χ3n) is 4.59. The van der Waals surface area contributed by atoms with Gasteiger partial charge in [-0.15, -0.1) is 0 Å². The topological polar surface area (TPSA) is 72.5 Å². The van der Waals surface area contributed by atoms with Crippen molar-refractivity contribution < 1.29 is 22.3 Å². The second kappa shape index (κ2) is 7.59. The zero-order valence-electron chi connectivity index (χ0n) is 15.7. The van der Waals surface area contributed by atoms with E-state index in [-0.39, 0.29) is 10.6 Å². The molecule has 0 aromatic heterocycles. The van der Waals surface area contributed by atoms with E-state index in [0.717, 1.165) is 40.5 Å². The number of sulfone groups is 1. The molecule has 3 aromatic carbocycles. The van der Waals surface area contributed by atoms with Gasteiger partial charge in [0, 0.05) is 6.26 Å². The Hall–Kier alpha value is -2.93. The van der Waals surface area contributed by atoms with Gasteiger partial charge in [0.15, 0.2) is 9.84 Å². The monoisotopic (exact) mass is 401 g/mol. The molecule has 0 heterocycles. The van der Waals surface area contributed by atoms with E-state index in [1.807, 2.05) is 36.4 Å². The van der Waals surface area contributed by atoms with Gasteiger partial charge in [-0.3, -0.25) is 4.79 Å². The Balaban J connectivity index is 1.86. The molecular weight excluding hydrogens is 381 g/mol. The Morgan fingerprint density at radius 2 is 1.71 bits per heavy atom. The lowest BCUT2D eigenvalue weighted by Crippen LogP contribution is -2.19. The number of halogens is 1. The highest BCUT2D eigenvalue weighted by Crippen LogP contribution is 2.27. The van der Waals surface area contributed by atoms with Gasteiger partial charge >= 0.3 is 0 Å². The number of methoxy groups -OCH3 is 1. The molecular formula is C21H20FNO4S. The van der Waals surface area contributed by atoms with Crippen LogP contribution in [-0.2, 0) is 14.6 Å². The lowest BCUT2D eigenvalue weighted by atomic mass is 9.97. The number of carbonyl (C=O) groups is 1. The molecule has 0 radical (unpaired) electrons. The molecule has 1 atom stereocenters. The first-order valence-electron chi connectivity index (χ1n) is 8.57. The van der Waals surface area contributed by atoms with Crippen molar-refractivity contribution in [3.63, 3.8) is 0 Å². The summed E-state index contributed by atoms with van der Waals surface area (Å²) >= 11 is 0. The summed E-state index contributed by atoms with van der Waals surface area (Å²) in [4.78, 5) is 12.6. The average molecular weight is 401 g/mol. The second-order valence-corrected chi connectivity index (χ2v) is 8.61. The number of benzene rings is 3. The normalized spacial score (nSPS) is 12.6. The molecule has 0 fully saturated rings. The van der Waals surface area contributed by atoms with Crippen LogP contribution in [0, 0.1) is 5.82 Å². The Morgan fingerprint density at radius 1 is 1.04 bits per heavy atom. The number of anilines is 1. The van der Waals surface area contributed by atoms with Crippen LogP contribution >= 0.6 is 0 Å². The summed E-state index contributed by atoms with van der Waals surface area (Å²) in [6.45, 7) is 1.71. The van der Waals surface area contributed by atoms with E-state index in [9.17, 15) is 17.6 Å². The summed E-state index contributed by atoms with van der Waals surface area (Å²) in [6.07, 6.45) is 1.03. The fraction of sp³-hybridized carbons (Fsp3) is 0.190. The Kier molecular flexibility index (Phi) is 5.38. The molecule has 0 spiro atoms. The molecule has 3 aromatic rings. The quantitative estimate of drug-likeness (QED) is 0.653. The van der Waals surface area contributed by atoms with Crippen LogP contribution in [0.25, 0.3) is 10.8 Å². The largest absolute Gasteiger partial charge is 0.497 e. The van der Waals surface area contributed by atoms with Crippen molar-refractivity contribution >= 4 is 32.2 Å². The zero-order chi connectivity index (χ0) is 20.5. The van der Waals surface area contributed by atoms with Crippen LogP contribution < -0.4 is 10.1 Å². The van der Waals surface area contributed by atoms with Crippen LogP contribution in [0.1, 0.15) is 18.4 Å². The van der Waals surface area contributed by atoms with Gasteiger partial charge < -0.3 is 10.1 Å². The Bertz CT molecular complexity index is 1160. The molecule has 0 aliphatic heterocycles. The molecule has 7 heteroatoms. The number of carbonyl (C=O) groups excluding carboxylic acids is 1. The molecule has 0 unspecified atom stereocenters. The van der Waals surface area contributed by atoms with Crippen molar-refractivity contribution in [2.75, 3.05) is 18.7 Å². The maximum Gasteiger partial charge on any atom is 0.231 e. The van der Waals surface area contributed by atoms with E-state index >= 15 is 0 Å². The molecule has 0 aliphatic rings. The van der Waals surface area contributed by atoms with Crippen LogP contribution in [0.5, 0.6) is 5.75 Å². The molecule has 1 amide bonds. The van der Waals surface area contributed by atoms with Gasteiger partial charge in [-0.2, -0.15) is 0 Å². The van der Waals surface area contributed by atoms with E-state index in [1.54, 1.807) is 14.0 Å². The van der Waals surface area contributed by atoms with Gasteiger partial charge in [0.2, 0.25) is 5.91 Å². The number of fused-ring (bicyclic) bond motifs is 1. The summed E-state index contributed by atoms with van der Waals surface area (Å²) < 4.78 is 42.6. The molecule has 28 heavy (non-hydrogen) atoms. The highest BCUT2D eigenvalue weighted by atomic mass is 32.2. The van der Waals surface area contributed by atoms with Gasteiger partial charge in [-0.25, -0.2) is 12.8 Å². The van der Waals surface area contributed by atoms with Gasteiger partial charge in [0.05, 0.1) is 23.6 Å². The van der Waals surface area contributed by atoms with Crippen LogP contribution in [0.4, 0.5) is 10.1 Å². The highest BCUT2D eigenvalue weighted by Gasteiger charge is 2.19. The molecule has 0 bridgehead atoms. The third kappa shape index (κ3) is 4.14. The van der Waals surface area contributed by atoms with Gasteiger partial charge in [0.25, 0.3) is 0 Å². The van der Waals surface area contributed by atoms with Crippen molar-refractivity contribution in [1.82, 2.24) is 0 Å². The number of hydrogen-bond donors (Lipinski definition) is 1. The SMILES string of the molecule is COc1ccc2cc([C@H](C)C(=O)Nc3cc(S(C)(=O)=O)ccc3F)ccc2c1. The van der Waals surface area contributed by atoms with Crippen LogP contribution in [-0.4, -0.2) is 27.7 Å². The minimum absolute atomic E-state index is 0.0588. The number of amides is 1. The summed E-state index contributed by atoms with van der Waals surface area (Å²) in [6, 6.07) is 14.6. The molecule has 1 N–H and O–H groups in total. The predicted octanol–water partition coefficient (Wildman–Crippen LogP) is 4.13. The number of hydrogen-bond acceptors (Lipinski definition) is 4. The molecule has 0 aliphatic carbocycles. The van der Waals surface area contributed by atoms with Crippen molar-refractivity contribution in [2.45, 2.75) is 17.7 Å². The maximum atomic E-state index is 14.0. The molecule has 5 nitrogen and oxygen atoms in total. The average Bonchev–Trinajstić information content (AvgIpc) is 2.67. The maximum absolute atomic E-state index is 14.0. The molecule has 0 saturated carbocycles. The first-order valence-corrected chi connectivity index (χ1v) is 10.5. The van der Waals surface area contributed by atoms with Crippen molar-refractivity contribution in [2.24, 2.45) is 0 Å². The number of nitrogens with one attached hydrogen (secondary N) is 1. The Labute approximate surface area is 163 Å². The smallest absolute Gasteiger partial charge is 0.231 e. The van der Waals surface area contributed by atoms with Crippen molar-refractivity contribution in [3.8, 4) is 5.75 Å². The van der Waals surface area contributed by atoms with Crippen LogP contribution in [0.3, 0.4) is 0 Å². The predicted molar refractivity (Wildman–Crippen MR) is 107 cm³/mol. The minimum Gasteiger partial charge on any atom is -0.497 e. The van der Waals surface area contributed by atoms with Crippen molar-refractivity contribution in [1.29, 1.82) is 0 Å². The molecule has 146 valence electrons. The number of ether oxygens (including phenoxy) is 1. The fourth-order valence-electron chi connectivity index (χ4n) is 2.86.